The van der Waals surface area contributed by atoms with Crippen molar-refractivity contribution in [2.75, 3.05) is 6.54 Å². The molecule has 124 valence electrons. The van der Waals surface area contributed by atoms with Gasteiger partial charge in [0.2, 0.25) is 0 Å². The van der Waals surface area contributed by atoms with Gasteiger partial charge in [0, 0.05) is 20.6 Å². The Hall–Kier alpha value is -2.69. The third-order valence-electron chi connectivity index (χ3n) is 3.18. The number of nitrogens with zero attached hydrogens (tertiary/aromatic N) is 4. The highest BCUT2D eigenvalue weighted by atomic mass is 32.1. The Morgan fingerprint density at radius 2 is 1.96 bits per heavy atom. The molecule has 3 N–H and O–H groups in total. The number of carbonyl (C=O) groups is 1. The highest BCUT2D eigenvalue weighted by Crippen LogP contribution is 2.04. The van der Waals surface area contributed by atoms with Crippen LogP contribution in [0.15, 0.2) is 15.9 Å². The molecule has 23 heavy (non-hydrogen) atoms. The van der Waals surface area contributed by atoms with Gasteiger partial charge in [-0.15, -0.1) is 0 Å². The smallest absolute Gasteiger partial charge is 0.332 e. The summed E-state index contributed by atoms with van der Waals surface area (Å²) in [5, 5.41) is 3.10. The first-order valence-corrected chi connectivity index (χ1v) is 7.21. The second kappa shape index (κ2) is 6.60. The highest BCUT2D eigenvalue weighted by molar-refractivity contribution is 7.80. The average Bonchev–Trinajstić information content (AvgIpc) is 2.93. The molecule has 1 amide bonds. The van der Waals surface area contributed by atoms with E-state index in [2.05, 4.69) is 21.2 Å². The van der Waals surface area contributed by atoms with E-state index in [0.717, 1.165) is 4.57 Å². The highest BCUT2D eigenvalue weighted by Gasteiger charge is 2.15. The number of aryl methyl sites for hydroxylation is 1. The summed E-state index contributed by atoms with van der Waals surface area (Å²) >= 11 is 4.92. The topological polar surface area (TPSA) is 115 Å². The molecule has 0 aliphatic rings. The largest absolute Gasteiger partial charge is 0.362 e. The molecule has 10 nitrogen and oxygen atoms in total. The molecular weight excluding hydrogens is 322 g/mol. The van der Waals surface area contributed by atoms with Gasteiger partial charge in [0.25, 0.3) is 11.5 Å². The lowest BCUT2D eigenvalue weighted by molar-refractivity contribution is -0.122. The Morgan fingerprint density at radius 3 is 2.61 bits per heavy atom. The summed E-state index contributed by atoms with van der Waals surface area (Å²) in [5.41, 5.74) is 4.37. The minimum atomic E-state index is -0.510. The van der Waals surface area contributed by atoms with Crippen LogP contribution < -0.4 is 27.4 Å². The lowest BCUT2D eigenvalue weighted by atomic mass is 10.4. The molecule has 0 aromatic carbocycles. The van der Waals surface area contributed by atoms with Gasteiger partial charge in [-0.25, -0.2) is 9.78 Å². The molecule has 0 fully saturated rings. The summed E-state index contributed by atoms with van der Waals surface area (Å²) in [6.07, 6.45) is 1.34. The van der Waals surface area contributed by atoms with Crippen molar-refractivity contribution in [3.63, 3.8) is 0 Å². The summed E-state index contributed by atoms with van der Waals surface area (Å²) in [5.74, 6) is -0.416. The second-order valence-corrected chi connectivity index (χ2v) is 5.19. The van der Waals surface area contributed by atoms with Gasteiger partial charge in [0.1, 0.15) is 6.54 Å². The van der Waals surface area contributed by atoms with Crippen molar-refractivity contribution in [2.45, 2.75) is 13.5 Å². The van der Waals surface area contributed by atoms with Gasteiger partial charge in [-0.1, -0.05) is 0 Å². The Bertz CT molecular complexity index is 879. The predicted molar refractivity (Wildman–Crippen MR) is 87.8 cm³/mol. The summed E-state index contributed by atoms with van der Waals surface area (Å²) in [6, 6.07) is 0. The number of aromatic nitrogens is 4. The van der Waals surface area contributed by atoms with Crippen LogP contribution in [0.2, 0.25) is 0 Å². The van der Waals surface area contributed by atoms with E-state index in [9.17, 15) is 14.4 Å². The fourth-order valence-electron chi connectivity index (χ4n) is 2.04. The number of thiocarbonyl (C=S) groups is 1. The summed E-state index contributed by atoms with van der Waals surface area (Å²) in [6.45, 7) is 2.34. The van der Waals surface area contributed by atoms with E-state index in [0.29, 0.717) is 6.54 Å². The van der Waals surface area contributed by atoms with Crippen molar-refractivity contribution >= 4 is 34.4 Å². The molecule has 2 heterocycles. The van der Waals surface area contributed by atoms with Crippen LogP contribution in [-0.2, 0) is 25.4 Å². The van der Waals surface area contributed by atoms with Crippen molar-refractivity contribution in [1.29, 1.82) is 0 Å². The first-order chi connectivity index (χ1) is 10.9. The minimum absolute atomic E-state index is 0.147. The maximum atomic E-state index is 12.2. The lowest BCUT2D eigenvalue weighted by Gasteiger charge is -2.11. The van der Waals surface area contributed by atoms with Crippen LogP contribution in [0, 0.1) is 0 Å². The van der Waals surface area contributed by atoms with Crippen molar-refractivity contribution in [3.8, 4) is 0 Å². The molecule has 0 bridgehead atoms. The van der Waals surface area contributed by atoms with Crippen molar-refractivity contribution in [1.82, 2.24) is 34.9 Å². The van der Waals surface area contributed by atoms with Crippen molar-refractivity contribution < 1.29 is 4.79 Å². The standard InChI is InChI=1S/C12H17N7O3S/c1-4-13-11(23)16-15-7(20)5-19-6-14-9-8(19)10(21)18(3)12(22)17(9)2/h6H,4-5H2,1-3H3,(H,15,20)(H2,13,16,23). The van der Waals surface area contributed by atoms with Crippen LogP contribution in [-0.4, -0.2) is 36.2 Å². The molecule has 2 aromatic rings. The number of nitrogens with one attached hydrogen (secondary N) is 3. The molecule has 0 spiro atoms. The van der Waals surface area contributed by atoms with Crippen LogP contribution >= 0.6 is 12.2 Å². The summed E-state index contributed by atoms with van der Waals surface area (Å²) < 4.78 is 3.60. The maximum Gasteiger partial charge on any atom is 0.332 e. The van der Waals surface area contributed by atoms with E-state index in [1.165, 1.54) is 29.6 Å². The van der Waals surface area contributed by atoms with Gasteiger partial charge >= 0.3 is 5.69 Å². The Labute approximate surface area is 136 Å². The molecule has 2 rings (SSSR count). The van der Waals surface area contributed by atoms with Crippen molar-refractivity contribution in [3.05, 3.63) is 27.2 Å². The first-order valence-electron chi connectivity index (χ1n) is 6.80. The third-order valence-corrected chi connectivity index (χ3v) is 3.43. The predicted octanol–water partition coefficient (Wildman–Crippen LogP) is -2.05. The van der Waals surface area contributed by atoms with Gasteiger partial charge in [-0.2, -0.15) is 0 Å². The Kier molecular flexibility index (Phi) is 4.79. The van der Waals surface area contributed by atoms with E-state index in [1.807, 2.05) is 6.92 Å². The van der Waals surface area contributed by atoms with Crippen molar-refractivity contribution in [2.24, 2.45) is 14.1 Å². The molecule has 0 aliphatic heterocycles. The first kappa shape index (κ1) is 16.7. The van der Waals surface area contributed by atoms with E-state index in [4.69, 9.17) is 12.2 Å². The van der Waals surface area contributed by atoms with Crippen LogP contribution in [0.3, 0.4) is 0 Å². The van der Waals surface area contributed by atoms with E-state index < -0.39 is 17.2 Å². The average molecular weight is 339 g/mol. The number of amides is 1. The van der Waals surface area contributed by atoms with Gasteiger partial charge in [-0.3, -0.25) is 29.6 Å². The number of imidazole rings is 1. The molecule has 2 aromatic heterocycles. The zero-order valence-electron chi connectivity index (χ0n) is 12.9. The Balaban J connectivity index is 2.25. The zero-order valence-corrected chi connectivity index (χ0v) is 13.7. The van der Waals surface area contributed by atoms with E-state index >= 15 is 0 Å². The maximum absolute atomic E-state index is 12.2. The number of fused-ring (bicyclic) bond motifs is 1. The van der Waals surface area contributed by atoms with Gasteiger partial charge in [0.15, 0.2) is 16.3 Å². The van der Waals surface area contributed by atoms with E-state index in [-0.39, 0.29) is 22.8 Å². The molecule has 11 heteroatoms. The number of hydrogen-bond donors (Lipinski definition) is 3. The van der Waals surface area contributed by atoms with Gasteiger partial charge < -0.3 is 9.88 Å². The molecule has 0 unspecified atom stereocenters. The fraction of sp³-hybridized carbons (Fsp3) is 0.417. The molecule has 0 atom stereocenters. The van der Waals surface area contributed by atoms with Crippen LogP contribution in [0.5, 0.6) is 0 Å². The van der Waals surface area contributed by atoms with E-state index in [1.54, 1.807) is 0 Å². The van der Waals surface area contributed by atoms with Crippen LogP contribution in [0.25, 0.3) is 11.2 Å². The number of hydrazine groups is 1. The Morgan fingerprint density at radius 1 is 1.26 bits per heavy atom. The molecule has 0 radical (unpaired) electrons. The normalized spacial score (nSPS) is 10.6. The fourth-order valence-corrected chi connectivity index (χ4v) is 2.24. The lowest BCUT2D eigenvalue weighted by Crippen LogP contribution is -2.47. The monoisotopic (exact) mass is 339 g/mol. The third kappa shape index (κ3) is 3.23. The van der Waals surface area contributed by atoms with Crippen LogP contribution in [0.1, 0.15) is 6.92 Å². The molecular formula is C12H17N7O3S. The number of carbonyl (C=O) groups excluding carboxylic acids is 1. The molecule has 0 saturated carbocycles. The SMILES string of the molecule is CCNC(=S)NNC(=O)Cn1cnc2c1c(=O)n(C)c(=O)n2C. The summed E-state index contributed by atoms with van der Waals surface area (Å²) in [7, 11) is 2.88. The van der Waals surface area contributed by atoms with Crippen LogP contribution in [0.4, 0.5) is 0 Å². The minimum Gasteiger partial charge on any atom is -0.362 e. The molecule has 0 saturated heterocycles. The molecule has 0 aliphatic carbocycles. The zero-order chi connectivity index (χ0) is 17.1. The second-order valence-electron chi connectivity index (χ2n) is 4.78. The summed E-state index contributed by atoms with van der Waals surface area (Å²) in [4.78, 5) is 40.0. The quantitative estimate of drug-likeness (QED) is 0.435. The van der Waals surface area contributed by atoms with Gasteiger partial charge in [0.05, 0.1) is 6.33 Å². The number of rotatable bonds is 3. The number of hydrogen-bond acceptors (Lipinski definition) is 5. The van der Waals surface area contributed by atoms with Gasteiger partial charge in [-0.05, 0) is 19.1 Å².